The fraction of sp³-hybridized carbons (Fsp3) is 0.143. The number of hydrogen-bond acceptors (Lipinski definition) is 10. The van der Waals surface area contributed by atoms with Crippen LogP contribution < -0.4 is 9.47 Å². The number of hydrogen-bond donors (Lipinski definition) is 1. The minimum absolute atomic E-state index is 0.232. The number of aromatic nitrogens is 8. The van der Waals surface area contributed by atoms with E-state index < -0.39 is 10.0 Å². The molecule has 28 heavy (non-hydrogen) atoms. The number of H-pyrrole nitrogens is 1. The third kappa shape index (κ3) is 4.58. The zero-order valence-electron chi connectivity index (χ0n) is 14.5. The topological polar surface area (TPSA) is 151 Å². The van der Waals surface area contributed by atoms with Crippen molar-refractivity contribution in [3.8, 4) is 17.5 Å². The number of fused-ring (bicyclic) bond motifs is 1. The highest BCUT2D eigenvalue weighted by Crippen LogP contribution is 2.30. The third-order valence-corrected chi connectivity index (χ3v) is 4.64. The second-order valence-corrected chi connectivity index (χ2v) is 7.81. The summed E-state index contributed by atoms with van der Waals surface area (Å²) in [7, 11) is -2.10. The first-order valence-corrected chi connectivity index (χ1v) is 10.1. The van der Waals surface area contributed by atoms with Crippen molar-refractivity contribution >= 4 is 37.0 Å². The number of aromatic amines is 1. The van der Waals surface area contributed by atoms with Crippen molar-refractivity contribution in [2.75, 3.05) is 13.4 Å². The van der Waals surface area contributed by atoms with Crippen LogP contribution in [0.1, 0.15) is 0 Å². The molecule has 0 bridgehead atoms. The molecule has 14 heteroatoms. The molecule has 1 N–H and O–H groups in total. The zero-order valence-corrected chi connectivity index (χ0v) is 16.9. The van der Waals surface area contributed by atoms with Crippen LogP contribution in [-0.4, -0.2) is 61.8 Å². The Hall–Kier alpha value is -3.13. The Morgan fingerprint density at radius 1 is 1.14 bits per heavy atom. The van der Waals surface area contributed by atoms with Crippen LogP contribution in [0, 0.1) is 0 Å². The third-order valence-electron chi connectivity index (χ3n) is 3.14. The number of ether oxygens (including phenoxy) is 2. The monoisotopic (exact) mass is 468 g/mol. The van der Waals surface area contributed by atoms with E-state index in [9.17, 15) is 8.42 Å². The van der Waals surface area contributed by atoms with Crippen molar-refractivity contribution in [2.24, 2.45) is 0 Å². The highest BCUT2D eigenvalue weighted by atomic mass is 79.9. The van der Waals surface area contributed by atoms with Gasteiger partial charge in [0, 0.05) is 24.4 Å². The molecule has 4 aromatic rings. The molecule has 0 aliphatic heterocycles. The number of nitrogens with one attached hydrogen (secondary N) is 1. The molecule has 4 rings (SSSR count). The zero-order chi connectivity index (χ0) is 20.1. The van der Waals surface area contributed by atoms with Crippen LogP contribution in [0.2, 0.25) is 0 Å². The van der Waals surface area contributed by atoms with Gasteiger partial charge in [-0.1, -0.05) is 10.4 Å². The van der Waals surface area contributed by atoms with Gasteiger partial charge in [0.05, 0.1) is 24.0 Å². The lowest BCUT2D eigenvalue weighted by Gasteiger charge is -2.06. The molecule has 0 saturated heterocycles. The quantitative estimate of drug-likeness (QED) is 0.464. The fourth-order valence-electron chi connectivity index (χ4n) is 2.00. The van der Waals surface area contributed by atoms with Crippen LogP contribution in [0.3, 0.4) is 0 Å². The second kappa shape index (κ2) is 8.26. The van der Waals surface area contributed by atoms with E-state index in [0.717, 1.165) is 10.3 Å². The Balaban J connectivity index is 0.000000391. The SMILES string of the molecule is COc1ccc(Oc2cc(Br)c3nnn(S(C)(=O)=O)c3c2)nn1.c1c[nH]nn1. The van der Waals surface area contributed by atoms with Crippen LogP contribution >= 0.6 is 15.9 Å². The Kier molecular flexibility index (Phi) is 5.79. The molecule has 0 saturated carbocycles. The normalized spacial score (nSPS) is 11.0. The Morgan fingerprint density at radius 2 is 1.89 bits per heavy atom. The van der Waals surface area contributed by atoms with Gasteiger partial charge in [-0.3, -0.25) is 5.10 Å². The lowest BCUT2D eigenvalue weighted by molar-refractivity contribution is 0.383. The van der Waals surface area contributed by atoms with Gasteiger partial charge < -0.3 is 9.47 Å². The van der Waals surface area contributed by atoms with Gasteiger partial charge >= 0.3 is 0 Å². The maximum absolute atomic E-state index is 11.7. The Morgan fingerprint density at radius 3 is 2.43 bits per heavy atom. The molecule has 0 spiro atoms. The van der Waals surface area contributed by atoms with Crippen molar-refractivity contribution in [1.82, 2.24) is 40.0 Å². The summed E-state index contributed by atoms with van der Waals surface area (Å²) in [4.78, 5) is 0. The van der Waals surface area contributed by atoms with Gasteiger partial charge in [-0.25, -0.2) is 8.42 Å². The Labute approximate surface area is 167 Å². The first kappa shape index (κ1) is 19.6. The minimum atomic E-state index is -3.58. The van der Waals surface area contributed by atoms with E-state index in [1.165, 1.54) is 13.2 Å². The largest absolute Gasteiger partial charge is 0.480 e. The van der Waals surface area contributed by atoms with Crippen LogP contribution in [0.25, 0.3) is 11.0 Å². The summed E-state index contributed by atoms with van der Waals surface area (Å²) < 4.78 is 35.3. The van der Waals surface area contributed by atoms with Crippen molar-refractivity contribution < 1.29 is 17.9 Å². The van der Waals surface area contributed by atoms with Crippen LogP contribution in [0.4, 0.5) is 0 Å². The fourth-order valence-corrected chi connectivity index (χ4v) is 3.17. The molecule has 0 amide bonds. The van der Waals surface area contributed by atoms with E-state index in [0.29, 0.717) is 27.1 Å². The predicted octanol–water partition coefficient (Wildman–Crippen LogP) is 1.40. The van der Waals surface area contributed by atoms with Crippen molar-refractivity contribution in [3.63, 3.8) is 0 Å². The highest BCUT2D eigenvalue weighted by molar-refractivity contribution is 9.10. The lowest BCUT2D eigenvalue weighted by Crippen LogP contribution is -2.11. The number of methoxy groups -OCH3 is 1. The number of nitrogens with zero attached hydrogens (tertiary/aromatic N) is 7. The van der Waals surface area contributed by atoms with Gasteiger partial charge in [0.2, 0.25) is 11.8 Å². The summed E-state index contributed by atoms with van der Waals surface area (Å²) in [5.74, 6) is 0.944. The predicted molar refractivity (Wildman–Crippen MR) is 101 cm³/mol. The van der Waals surface area contributed by atoms with E-state index in [2.05, 4.69) is 51.9 Å². The van der Waals surface area contributed by atoms with Crippen molar-refractivity contribution in [2.45, 2.75) is 0 Å². The smallest absolute Gasteiger partial charge is 0.252 e. The van der Waals surface area contributed by atoms with Crippen LogP contribution in [0.5, 0.6) is 17.5 Å². The highest BCUT2D eigenvalue weighted by Gasteiger charge is 2.17. The molecule has 12 nitrogen and oxygen atoms in total. The van der Waals surface area contributed by atoms with Gasteiger partial charge in [-0.05, 0) is 22.0 Å². The van der Waals surface area contributed by atoms with E-state index in [1.54, 1.807) is 30.6 Å². The lowest BCUT2D eigenvalue weighted by atomic mass is 10.3. The molecule has 0 unspecified atom stereocenters. The van der Waals surface area contributed by atoms with Crippen molar-refractivity contribution in [3.05, 3.63) is 41.1 Å². The number of rotatable bonds is 4. The molecular weight excluding hydrogens is 456 g/mol. The summed E-state index contributed by atoms with van der Waals surface area (Å²) in [6.07, 6.45) is 4.28. The van der Waals surface area contributed by atoms with Crippen LogP contribution in [0.15, 0.2) is 41.1 Å². The summed E-state index contributed by atoms with van der Waals surface area (Å²) in [6.45, 7) is 0. The molecule has 0 radical (unpaired) electrons. The first-order chi connectivity index (χ1) is 13.4. The van der Waals surface area contributed by atoms with Gasteiger partial charge in [0.1, 0.15) is 16.8 Å². The number of benzene rings is 1. The molecule has 0 aliphatic rings. The summed E-state index contributed by atoms with van der Waals surface area (Å²) in [5, 5.41) is 24.4. The standard InChI is InChI=1S/C12H10BrN5O4S.C2H3N3/c1-21-10-3-4-11(15-14-10)22-7-5-8(13)12-9(6-7)18(17-16-12)23(2,19)20;1-2-4-5-3-1/h3-6H,1-2H3;1-2H,(H,3,4,5). The summed E-state index contributed by atoms with van der Waals surface area (Å²) in [6, 6.07) is 6.32. The first-order valence-electron chi connectivity index (χ1n) is 7.50. The molecule has 0 aliphatic carbocycles. The summed E-state index contributed by atoms with van der Waals surface area (Å²) >= 11 is 3.32. The Bertz CT molecular complexity index is 1150. The van der Waals surface area contributed by atoms with Crippen LogP contribution in [-0.2, 0) is 10.0 Å². The van der Waals surface area contributed by atoms with Gasteiger partial charge in [0.15, 0.2) is 0 Å². The molecule has 146 valence electrons. The summed E-state index contributed by atoms with van der Waals surface area (Å²) in [5.41, 5.74) is 0.696. The van der Waals surface area contributed by atoms with E-state index in [1.807, 2.05) is 0 Å². The molecule has 3 aromatic heterocycles. The number of halogens is 1. The molecule has 3 heterocycles. The van der Waals surface area contributed by atoms with Crippen molar-refractivity contribution in [1.29, 1.82) is 0 Å². The van der Waals surface area contributed by atoms with Gasteiger partial charge in [0.25, 0.3) is 10.0 Å². The van der Waals surface area contributed by atoms with E-state index in [4.69, 9.17) is 9.47 Å². The van der Waals surface area contributed by atoms with E-state index in [-0.39, 0.29) is 5.88 Å². The molecule has 0 fully saturated rings. The minimum Gasteiger partial charge on any atom is -0.480 e. The average molecular weight is 469 g/mol. The molecule has 1 aromatic carbocycles. The van der Waals surface area contributed by atoms with E-state index >= 15 is 0 Å². The maximum atomic E-state index is 11.7. The molecule has 0 atom stereocenters. The maximum Gasteiger partial charge on any atom is 0.252 e. The van der Waals surface area contributed by atoms with Gasteiger partial charge in [-0.15, -0.1) is 24.5 Å². The second-order valence-electron chi connectivity index (χ2n) is 5.14. The van der Waals surface area contributed by atoms with Gasteiger partial charge in [-0.2, -0.15) is 0 Å². The average Bonchev–Trinajstić information content (AvgIpc) is 3.35. The molecular formula is C14H13BrN8O4S.